The average Bonchev–Trinajstić information content (AvgIpc) is 2.78. The molecule has 8 nitrogen and oxygen atoms in total. The standard InChI is InChI=1S/C23H20FN5O3/c1-3-29-20(25)19(21(30)27-23(29)32)28(2)22(31)16-12-18(13-8-10-14(24)11-9-13)26-17-7-5-4-6-15(16)17/h4-12H,3,25H2,1-2H3,(H,27,30,32). The lowest BCUT2D eigenvalue weighted by Crippen LogP contribution is -2.39. The second kappa shape index (κ2) is 8.10. The van der Waals surface area contributed by atoms with Gasteiger partial charge in [0.2, 0.25) is 0 Å². The molecule has 32 heavy (non-hydrogen) atoms. The van der Waals surface area contributed by atoms with Crippen molar-refractivity contribution in [3.05, 3.63) is 86.8 Å². The third-order valence-electron chi connectivity index (χ3n) is 5.26. The summed E-state index contributed by atoms with van der Waals surface area (Å²) in [6.45, 7) is 1.93. The Kier molecular flexibility index (Phi) is 5.31. The van der Waals surface area contributed by atoms with Gasteiger partial charge in [-0.2, -0.15) is 0 Å². The van der Waals surface area contributed by atoms with Crippen molar-refractivity contribution in [2.75, 3.05) is 17.7 Å². The number of hydrogen-bond acceptors (Lipinski definition) is 5. The van der Waals surface area contributed by atoms with Crippen LogP contribution >= 0.6 is 0 Å². The third-order valence-corrected chi connectivity index (χ3v) is 5.26. The van der Waals surface area contributed by atoms with E-state index in [-0.39, 0.29) is 29.4 Å². The number of benzene rings is 2. The summed E-state index contributed by atoms with van der Waals surface area (Å²) in [4.78, 5) is 45.9. The number of carbonyl (C=O) groups is 1. The normalized spacial score (nSPS) is 11.0. The summed E-state index contributed by atoms with van der Waals surface area (Å²) in [7, 11) is 1.42. The molecule has 2 heterocycles. The molecule has 3 N–H and O–H groups in total. The molecular formula is C23H20FN5O3. The zero-order valence-electron chi connectivity index (χ0n) is 17.4. The molecule has 1 amide bonds. The van der Waals surface area contributed by atoms with E-state index in [1.807, 2.05) is 0 Å². The maximum absolute atomic E-state index is 13.5. The minimum Gasteiger partial charge on any atom is -0.383 e. The molecule has 0 bridgehead atoms. The zero-order valence-corrected chi connectivity index (χ0v) is 17.4. The lowest BCUT2D eigenvalue weighted by molar-refractivity contribution is 0.0994. The number of nitrogen functional groups attached to an aromatic ring is 1. The van der Waals surface area contributed by atoms with Crippen molar-refractivity contribution < 1.29 is 9.18 Å². The Balaban J connectivity index is 1.90. The highest BCUT2D eigenvalue weighted by Gasteiger charge is 2.24. The molecule has 0 aliphatic heterocycles. The fourth-order valence-electron chi connectivity index (χ4n) is 3.62. The molecule has 0 radical (unpaired) electrons. The molecule has 0 fully saturated rings. The van der Waals surface area contributed by atoms with Gasteiger partial charge in [0.05, 0.1) is 16.8 Å². The van der Waals surface area contributed by atoms with Gasteiger partial charge >= 0.3 is 5.69 Å². The van der Waals surface area contributed by atoms with Crippen LogP contribution in [0.15, 0.2) is 64.2 Å². The molecule has 0 saturated carbocycles. The SMILES string of the molecule is CCn1c(N)c(N(C)C(=O)c2cc(-c3ccc(F)cc3)nc3ccccc23)c(=O)[nH]c1=O. The summed E-state index contributed by atoms with van der Waals surface area (Å²) < 4.78 is 14.5. The van der Waals surface area contributed by atoms with Gasteiger partial charge in [-0.05, 0) is 43.3 Å². The molecule has 2 aromatic carbocycles. The number of pyridine rings is 1. The third kappa shape index (κ3) is 3.53. The summed E-state index contributed by atoms with van der Waals surface area (Å²) in [6, 6.07) is 14.4. The second-order valence-electron chi connectivity index (χ2n) is 7.18. The summed E-state index contributed by atoms with van der Waals surface area (Å²) in [5.74, 6) is -0.994. The van der Waals surface area contributed by atoms with Crippen LogP contribution in [-0.4, -0.2) is 27.5 Å². The first-order valence-electron chi connectivity index (χ1n) is 9.88. The van der Waals surface area contributed by atoms with Crippen LogP contribution in [0.1, 0.15) is 17.3 Å². The number of halogens is 1. The molecule has 0 aliphatic rings. The van der Waals surface area contributed by atoms with Crippen LogP contribution in [0, 0.1) is 5.82 Å². The lowest BCUT2D eigenvalue weighted by Gasteiger charge is -2.21. The number of aromatic nitrogens is 3. The van der Waals surface area contributed by atoms with Crippen molar-refractivity contribution in [2.24, 2.45) is 0 Å². The Morgan fingerprint density at radius 3 is 2.53 bits per heavy atom. The smallest absolute Gasteiger partial charge is 0.330 e. The van der Waals surface area contributed by atoms with Gasteiger partial charge in [-0.15, -0.1) is 0 Å². The largest absolute Gasteiger partial charge is 0.383 e. The van der Waals surface area contributed by atoms with Crippen LogP contribution in [0.2, 0.25) is 0 Å². The minimum atomic E-state index is -0.759. The summed E-state index contributed by atoms with van der Waals surface area (Å²) in [6.07, 6.45) is 0. The molecule has 0 atom stereocenters. The Bertz CT molecular complexity index is 1460. The number of rotatable bonds is 4. The first-order valence-corrected chi connectivity index (χ1v) is 9.88. The first kappa shape index (κ1) is 21.0. The Morgan fingerprint density at radius 1 is 1.16 bits per heavy atom. The fourth-order valence-corrected chi connectivity index (χ4v) is 3.62. The highest BCUT2D eigenvalue weighted by Crippen LogP contribution is 2.27. The lowest BCUT2D eigenvalue weighted by atomic mass is 10.0. The van der Waals surface area contributed by atoms with Crippen molar-refractivity contribution in [1.29, 1.82) is 0 Å². The topological polar surface area (TPSA) is 114 Å². The zero-order chi connectivity index (χ0) is 23.0. The van der Waals surface area contributed by atoms with Crippen molar-refractivity contribution >= 4 is 28.3 Å². The van der Waals surface area contributed by atoms with E-state index < -0.39 is 17.2 Å². The summed E-state index contributed by atoms with van der Waals surface area (Å²) in [5, 5.41) is 0.578. The molecule has 4 rings (SSSR count). The van der Waals surface area contributed by atoms with Crippen LogP contribution in [0.4, 0.5) is 15.9 Å². The molecule has 0 spiro atoms. The quantitative estimate of drug-likeness (QED) is 0.514. The Labute approximate surface area is 181 Å². The maximum Gasteiger partial charge on any atom is 0.330 e. The maximum atomic E-state index is 13.5. The molecule has 9 heteroatoms. The number of nitrogens with one attached hydrogen (secondary N) is 1. The molecule has 162 valence electrons. The van der Waals surface area contributed by atoms with Crippen LogP contribution in [0.25, 0.3) is 22.2 Å². The van der Waals surface area contributed by atoms with Crippen LogP contribution < -0.4 is 21.9 Å². The number of fused-ring (bicyclic) bond motifs is 1. The number of nitrogens with two attached hydrogens (primary N) is 1. The number of hydrogen-bond donors (Lipinski definition) is 2. The van der Waals surface area contributed by atoms with Gasteiger partial charge in [0.25, 0.3) is 11.5 Å². The van der Waals surface area contributed by atoms with Gasteiger partial charge in [-0.3, -0.25) is 19.1 Å². The van der Waals surface area contributed by atoms with Crippen molar-refractivity contribution in [3.8, 4) is 11.3 Å². The van der Waals surface area contributed by atoms with Gasteiger partial charge in [-0.25, -0.2) is 14.2 Å². The average molecular weight is 433 g/mol. The Hall–Kier alpha value is -4.27. The molecule has 0 saturated heterocycles. The molecule has 4 aromatic rings. The molecule has 0 unspecified atom stereocenters. The first-order chi connectivity index (χ1) is 15.3. The number of para-hydroxylation sites is 1. The van der Waals surface area contributed by atoms with E-state index in [4.69, 9.17) is 5.73 Å². The van der Waals surface area contributed by atoms with Crippen LogP contribution in [0.5, 0.6) is 0 Å². The van der Waals surface area contributed by atoms with E-state index in [1.165, 1.54) is 23.7 Å². The van der Waals surface area contributed by atoms with Crippen LogP contribution in [0.3, 0.4) is 0 Å². The summed E-state index contributed by atoms with van der Waals surface area (Å²) in [5.41, 5.74) is 6.48. The van der Waals surface area contributed by atoms with E-state index in [0.717, 1.165) is 4.90 Å². The Morgan fingerprint density at radius 2 is 1.84 bits per heavy atom. The van der Waals surface area contributed by atoms with E-state index >= 15 is 0 Å². The predicted molar refractivity (Wildman–Crippen MR) is 121 cm³/mol. The van der Waals surface area contributed by atoms with Crippen molar-refractivity contribution in [3.63, 3.8) is 0 Å². The van der Waals surface area contributed by atoms with E-state index in [9.17, 15) is 18.8 Å². The van der Waals surface area contributed by atoms with Gasteiger partial charge in [0, 0.05) is 24.5 Å². The number of aromatic amines is 1. The highest BCUT2D eigenvalue weighted by atomic mass is 19.1. The molecule has 0 aliphatic carbocycles. The monoisotopic (exact) mass is 433 g/mol. The number of carbonyl (C=O) groups excluding carboxylic acids is 1. The van der Waals surface area contributed by atoms with E-state index in [2.05, 4.69) is 9.97 Å². The van der Waals surface area contributed by atoms with Gasteiger partial charge in [0.15, 0.2) is 5.69 Å². The molecular weight excluding hydrogens is 413 g/mol. The number of amides is 1. The van der Waals surface area contributed by atoms with E-state index in [0.29, 0.717) is 22.2 Å². The minimum absolute atomic E-state index is 0.103. The van der Waals surface area contributed by atoms with Crippen molar-refractivity contribution in [2.45, 2.75) is 13.5 Å². The second-order valence-corrected chi connectivity index (χ2v) is 7.18. The van der Waals surface area contributed by atoms with Gasteiger partial charge in [-0.1, -0.05) is 18.2 Å². The number of H-pyrrole nitrogens is 1. The number of nitrogens with zero attached hydrogens (tertiary/aromatic N) is 3. The number of anilines is 2. The molecule has 2 aromatic heterocycles. The van der Waals surface area contributed by atoms with Crippen molar-refractivity contribution in [1.82, 2.24) is 14.5 Å². The van der Waals surface area contributed by atoms with E-state index in [1.54, 1.807) is 49.4 Å². The predicted octanol–water partition coefficient (Wildman–Crippen LogP) is 2.77. The van der Waals surface area contributed by atoms with Gasteiger partial charge in [0.1, 0.15) is 11.6 Å². The fraction of sp³-hybridized carbons (Fsp3) is 0.130. The van der Waals surface area contributed by atoms with Gasteiger partial charge < -0.3 is 10.6 Å². The highest BCUT2D eigenvalue weighted by molar-refractivity contribution is 6.14. The van der Waals surface area contributed by atoms with Crippen LogP contribution in [-0.2, 0) is 6.54 Å². The summed E-state index contributed by atoms with van der Waals surface area (Å²) >= 11 is 0.